The maximum atomic E-state index is 11.4. The van der Waals surface area contributed by atoms with Gasteiger partial charge in [0.15, 0.2) is 6.61 Å². The molecule has 2 aromatic heterocycles. The number of benzene rings is 1. The number of primary amides is 1. The summed E-state index contributed by atoms with van der Waals surface area (Å²) in [6, 6.07) is 10.8. The van der Waals surface area contributed by atoms with E-state index in [-0.39, 0.29) is 12.5 Å². The van der Waals surface area contributed by atoms with E-state index in [1.807, 2.05) is 41.7 Å². The number of nitrogens with two attached hydrogens (primary N) is 1. The van der Waals surface area contributed by atoms with E-state index in [2.05, 4.69) is 9.97 Å². The van der Waals surface area contributed by atoms with Crippen LogP contribution in [0, 0.1) is 0 Å². The molecule has 0 saturated heterocycles. The highest BCUT2D eigenvalue weighted by molar-refractivity contribution is 7.21. The van der Waals surface area contributed by atoms with Crippen molar-refractivity contribution in [2.45, 2.75) is 0 Å². The predicted molar refractivity (Wildman–Crippen MR) is 86.1 cm³/mol. The van der Waals surface area contributed by atoms with Crippen LogP contribution in [0.2, 0.25) is 0 Å². The van der Waals surface area contributed by atoms with Gasteiger partial charge in [-0.25, -0.2) is 14.8 Å². The Hall–Kier alpha value is -3.00. The lowest BCUT2D eigenvalue weighted by molar-refractivity contribution is -0.121. The Morgan fingerprint density at radius 1 is 1.22 bits per heavy atom. The monoisotopic (exact) mass is 328 g/mol. The molecule has 0 aliphatic rings. The van der Waals surface area contributed by atoms with Gasteiger partial charge in [-0.3, -0.25) is 10.1 Å². The number of nitrogens with zero attached hydrogens (tertiary/aromatic N) is 2. The van der Waals surface area contributed by atoms with E-state index in [0.717, 1.165) is 15.3 Å². The quantitative estimate of drug-likeness (QED) is 0.761. The molecule has 0 atom stereocenters. The molecule has 0 radical (unpaired) electrons. The number of ether oxygens (including phenoxy) is 1. The van der Waals surface area contributed by atoms with Crippen LogP contribution in [0.5, 0.6) is 5.88 Å². The Bertz CT molecular complexity index is 864. The number of imide groups is 1. The van der Waals surface area contributed by atoms with Gasteiger partial charge in [-0.15, -0.1) is 11.3 Å². The molecule has 0 unspecified atom stereocenters. The molecule has 0 aliphatic carbocycles. The largest absolute Gasteiger partial charge is 0.467 e. The zero-order chi connectivity index (χ0) is 16.2. The highest BCUT2D eigenvalue weighted by atomic mass is 32.1. The topological polar surface area (TPSA) is 107 Å². The first-order valence-electron chi connectivity index (χ1n) is 6.65. The van der Waals surface area contributed by atoms with E-state index in [0.29, 0.717) is 5.39 Å². The van der Waals surface area contributed by atoms with Gasteiger partial charge in [-0.05, 0) is 11.6 Å². The maximum absolute atomic E-state index is 11.4. The Labute approximate surface area is 135 Å². The van der Waals surface area contributed by atoms with Crippen molar-refractivity contribution in [2.75, 3.05) is 6.61 Å². The number of aromatic nitrogens is 2. The van der Waals surface area contributed by atoms with Gasteiger partial charge in [-0.2, -0.15) is 0 Å². The minimum atomic E-state index is -0.923. The molecular formula is C15H12N4O3S. The molecule has 2 heterocycles. The molecule has 8 heteroatoms. The molecule has 0 spiro atoms. The number of rotatable bonds is 4. The average molecular weight is 328 g/mol. The van der Waals surface area contributed by atoms with Crippen LogP contribution in [0.1, 0.15) is 0 Å². The van der Waals surface area contributed by atoms with Crippen LogP contribution in [0.25, 0.3) is 20.7 Å². The standard InChI is InChI=1S/C15H12N4O3S/c16-15(21)19-12(20)7-22-13-10-6-11(9-4-2-1-3-5-9)23-14(10)18-8-17-13/h1-6,8H,7H2,(H3,16,19,20,21). The van der Waals surface area contributed by atoms with Crippen LogP contribution in [0.4, 0.5) is 4.79 Å². The lowest BCUT2D eigenvalue weighted by Gasteiger charge is -2.04. The van der Waals surface area contributed by atoms with E-state index >= 15 is 0 Å². The number of amides is 3. The predicted octanol–water partition coefficient (Wildman–Crippen LogP) is 1.93. The Morgan fingerprint density at radius 2 is 2.00 bits per heavy atom. The molecule has 3 rings (SSSR count). The van der Waals surface area contributed by atoms with E-state index in [1.54, 1.807) is 0 Å². The summed E-state index contributed by atoms with van der Waals surface area (Å²) in [4.78, 5) is 32.0. The summed E-state index contributed by atoms with van der Waals surface area (Å²) < 4.78 is 5.37. The van der Waals surface area contributed by atoms with Crippen LogP contribution in [-0.4, -0.2) is 28.5 Å². The zero-order valence-corrected chi connectivity index (χ0v) is 12.7. The second-order valence-corrected chi connectivity index (χ2v) is 5.61. The van der Waals surface area contributed by atoms with Crippen molar-refractivity contribution in [2.24, 2.45) is 5.73 Å². The van der Waals surface area contributed by atoms with E-state index in [9.17, 15) is 9.59 Å². The SMILES string of the molecule is NC(=O)NC(=O)COc1ncnc2sc(-c3ccccc3)cc12. The summed E-state index contributed by atoms with van der Waals surface area (Å²) in [7, 11) is 0. The summed E-state index contributed by atoms with van der Waals surface area (Å²) in [5, 5.41) is 2.64. The molecule has 0 aliphatic heterocycles. The van der Waals surface area contributed by atoms with Gasteiger partial charge in [-0.1, -0.05) is 30.3 Å². The van der Waals surface area contributed by atoms with Crippen molar-refractivity contribution in [3.8, 4) is 16.3 Å². The number of fused-ring (bicyclic) bond motifs is 1. The van der Waals surface area contributed by atoms with Gasteiger partial charge >= 0.3 is 6.03 Å². The van der Waals surface area contributed by atoms with Gasteiger partial charge in [0.1, 0.15) is 11.2 Å². The van der Waals surface area contributed by atoms with Crippen molar-refractivity contribution in [1.82, 2.24) is 15.3 Å². The van der Waals surface area contributed by atoms with E-state index in [1.165, 1.54) is 17.7 Å². The highest BCUT2D eigenvalue weighted by Gasteiger charge is 2.13. The summed E-state index contributed by atoms with van der Waals surface area (Å²) in [5.74, 6) is -0.351. The highest BCUT2D eigenvalue weighted by Crippen LogP contribution is 2.35. The van der Waals surface area contributed by atoms with Gasteiger partial charge in [0.05, 0.1) is 5.39 Å². The van der Waals surface area contributed by atoms with Crippen LogP contribution in [-0.2, 0) is 4.79 Å². The summed E-state index contributed by atoms with van der Waals surface area (Å²) >= 11 is 1.50. The molecule has 3 N–H and O–H groups in total. The Balaban J connectivity index is 1.85. The number of urea groups is 1. The van der Waals surface area contributed by atoms with Crippen molar-refractivity contribution in [3.63, 3.8) is 0 Å². The molecule has 0 bridgehead atoms. The van der Waals surface area contributed by atoms with E-state index < -0.39 is 11.9 Å². The summed E-state index contributed by atoms with van der Waals surface area (Å²) in [6.45, 7) is -0.356. The number of thiophene rings is 1. The van der Waals surface area contributed by atoms with Gasteiger partial charge in [0.2, 0.25) is 5.88 Å². The molecule has 0 saturated carbocycles. The number of nitrogens with one attached hydrogen (secondary N) is 1. The molecule has 116 valence electrons. The zero-order valence-electron chi connectivity index (χ0n) is 11.9. The molecule has 23 heavy (non-hydrogen) atoms. The summed E-state index contributed by atoms with van der Waals surface area (Å²) in [5.41, 5.74) is 5.93. The van der Waals surface area contributed by atoms with Crippen molar-refractivity contribution in [1.29, 1.82) is 0 Å². The first-order valence-corrected chi connectivity index (χ1v) is 7.47. The summed E-state index contributed by atoms with van der Waals surface area (Å²) in [6.07, 6.45) is 1.37. The molecule has 3 aromatic rings. The minimum Gasteiger partial charge on any atom is -0.467 e. The van der Waals surface area contributed by atoms with Crippen molar-refractivity contribution in [3.05, 3.63) is 42.7 Å². The number of carbonyl (C=O) groups is 2. The van der Waals surface area contributed by atoms with Crippen LogP contribution < -0.4 is 15.8 Å². The van der Waals surface area contributed by atoms with Gasteiger partial charge in [0.25, 0.3) is 5.91 Å². The van der Waals surface area contributed by atoms with Crippen LogP contribution >= 0.6 is 11.3 Å². The molecule has 7 nitrogen and oxygen atoms in total. The third-order valence-electron chi connectivity index (χ3n) is 2.95. The second-order valence-electron chi connectivity index (χ2n) is 4.58. The fourth-order valence-electron chi connectivity index (χ4n) is 2.00. The van der Waals surface area contributed by atoms with E-state index in [4.69, 9.17) is 10.5 Å². The lowest BCUT2D eigenvalue weighted by Crippen LogP contribution is -2.38. The normalized spacial score (nSPS) is 10.4. The Morgan fingerprint density at radius 3 is 2.74 bits per heavy atom. The lowest BCUT2D eigenvalue weighted by atomic mass is 10.2. The third-order valence-corrected chi connectivity index (χ3v) is 4.05. The van der Waals surface area contributed by atoms with Crippen molar-refractivity contribution >= 4 is 33.5 Å². The van der Waals surface area contributed by atoms with Gasteiger partial charge in [0, 0.05) is 4.88 Å². The number of hydrogen-bond donors (Lipinski definition) is 2. The number of carbonyl (C=O) groups excluding carboxylic acids is 2. The number of hydrogen-bond acceptors (Lipinski definition) is 6. The van der Waals surface area contributed by atoms with Crippen molar-refractivity contribution < 1.29 is 14.3 Å². The molecule has 1 aromatic carbocycles. The van der Waals surface area contributed by atoms with Gasteiger partial charge < -0.3 is 10.5 Å². The molecule has 0 fully saturated rings. The Kier molecular flexibility index (Phi) is 4.15. The maximum Gasteiger partial charge on any atom is 0.318 e. The third kappa shape index (κ3) is 3.43. The fourth-order valence-corrected chi connectivity index (χ4v) is 3.00. The fraction of sp³-hybridized carbons (Fsp3) is 0.0667. The van der Waals surface area contributed by atoms with Crippen LogP contribution in [0.15, 0.2) is 42.7 Å². The molecule has 3 amide bonds. The molecular weight excluding hydrogens is 316 g/mol. The first-order chi connectivity index (χ1) is 11.1. The smallest absolute Gasteiger partial charge is 0.318 e. The van der Waals surface area contributed by atoms with Crippen LogP contribution in [0.3, 0.4) is 0 Å². The second kappa shape index (κ2) is 6.41. The average Bonchev–Trinajstić information content (AvgIpc) is 2.98. The minimum absolute atomic E-state index is 0.285. The first kappa shape index (κ1) is 14.9.